The Hall–Kier alpha value is -2.90. The van der Waals surface area contributed by atoms with E-state index in [2.05, 4.69) is 10.4 Å². The number of hydrogen-bond acceptors (Lipinski definition) is 5. The Bertz CT molecular complexity index is 708. The van der Waals surface area contributed by atoms with Crippen LogP contribution in [0, 0.1) is 17.0 Å². The Morgan fingerprint density at radius 1 is 1.48 bits per heavy atom. The second-order valence-electron chi connectivity index (χ2n) is 4.40. The van der Waals surface area contributed by atoms with Crippen molar-refractivity contribution in [3.8, 4) is 5.75 Å². The lowest BCUT2D eigenvalue weighted by Gasteiger charge is -2.08. The third kappa shape index (κ3) is 2.99. The number of aromatic hydroxyl groups is 1. The highest BCUT2D eigenvalue weighted by molar-refractivity contribution is 6.04. The molecule has 110 valence electrons. The van der Waals surface area contributed by atoms with Gasteiger partial charge in [-0.1, -0.05) is 0 Å². The summed E-state index contributed by atoms with van der Waals surface area (Å²) in [6.07, 6.45) is 0. The molecule has 2 N–H and O–H groups in total. The summed E-state index contributed by atoms with van der Waals surface area (Å²) in [7, 11) is 0. The number of phenols is 1. The van der Waals surface area contributed by atoms with E-state index in [4.69, 9.17) is 0 Å². The molecule has 0 bridgehead atoms. The highest BCUT2D eigenvalue weighted by Gasteiger charge is 2.16. The molecule has 0 radical (unpaired) electrons. The van der Waals surface area contributed by atoms with E-state index >= 15 is 0 Å². The molecule has 0 aliphatic carbocycles. The number of phenolic OH excluding ortho intramolecular Hbond substituents is 1. The molecular weight excluding hydrogens is 276 g/mol. The summed E-state index contributed by atoms with van der Waals surface area (Å²) < 4.78 is 1.53. The molecule has 21 heavy (non-hydrogen) atoms. The highest BCUT2D eigenvalue weighted by atomic mass is 16.6. The number of nitrogens with one attached hydrogen (secondary N) is 1. The standard InChI is InChI=1S/C13H14N4O4/c1-3-16-11(6-8(2)15-16)13(19)14-10-5-4-9(17(20)21)7-12(10)18/h4-7,18H,3H2,1-2H3,(H,14,19). The fourth-order valence-corrected chi connectivity index (χ4v) is 1.89. The molecule has 1 aromatic heterocycles. The highest BCUT2D eigenvalue weighted by Crippen LogP contribution is 2.28. The van der Waals surface area contributed by atoms with Crippen molar-refractivity contribution >= 4 is 17.3 Å². The van der Waals surface area contributed by atoms with Crippen molar-refractivity contribution in [2.24, 2.45) is 0 Å². The number of aromatic nitrogens is 2. The van der Waals surface area contributed by atoms with E-state index < -0.39 is 10.8 Å². The predicted molar refractivity (Wildman–Crippen MR) is 75.4 cm³/mol. The van der Waals surface area contributed by atoms with Crippen LogP contribution in [0.15, 0.2) is 24.3 Å². The summed E-state index contributed by atoms with van der Waals surface area (Å²) in [6, 6.07) is 5.10. The van der Waals surface area contributed by atoms with Gasteiger partial charge in [0.25, 0.3) is 11.6 Å². The average molecular weight is 290 g/mol. The van der Waals surface area contributed by atoms with Crippen LogP contribution in [0.2, 0.25) is 0 Å². The maximum absolute atomic E-state index is 12.2. The van der Waals surface area contributed by atoms with Crippen molar-refractivity contribution in [3.63, 3.8) is 0 Å². The molecule has 0 saturated heterocycles. The van der Waals surface area contributed by atoms with Crippen LogP contribution in [0.3, 0.4) is 0 Å². The van der Waals surface area contributed by atoms with Gasteiger partial charge in [-0.05, 0) is 26.0 Å². The molecule has 0 unspecified atom stereocenters. The minimum atomic E-state index is -0.624. The molecular formula is C13H14N4O4. The van der Waals surface area contributed by atoms with E-state index in [1.165, 1.54) is 16.8 Å². The van der Waals surface area contributed by atoms with Crippen LogP contribution >= 0.6 is 0 Å². The van der Waals surface area contributed by atoms with E-state index in [1.54, 1.807) is 13.0 Å². The molecule has 8 nitrogen and oxygen atoms in total. The number of anilines is 1. The van der Waals surface area contributed by atoms with Gasteiger partial charge >= 0.3 is 0 Å². The number of carbonyl (C=O) groups is 1. The maximum atomic E-state index is 12.2. The molecule has 0 aliphatic heterocycles. The summed E-state index contributed by atoms with van der Waals surface area (Å²) in [5.74, 6) is -0.807. The number of nitrogens with zero attached hydrogens (tertiary/aromatic N) is 3. The Labute approximate surface area is 120 Å². The van der Waals surface area contributed by atoms with Gasteiger partial charge in [0.1, 0.15) is 11.4 Å². The number of amides is 1. The topological polar surface area (TPSA) is 110 Å². The SMILES string of the molecule is CCn1nc(C)cc1C(=O)Nc1ccc([N+](=O)[O-])cc1O. The second-order valence-corrected chi connectivity index (χ2v) is 4.40. The number of nitro benzene ring substituents is 1. The van der Waals surface area contributed by atoms with Crippen molar-refractivity contribution in [1.29, 1.82) is 0 Å². The van der Waals surface area contributed by atoms with E-state index in [0.717, 1.165) is 6.07 Å². The molecule has 1 heterocycles. The Balaban J connectivity index is 2.25. The van der Waals surface area contributed by atoms with E-state index in [-0.39, 0.29) is 17.1 Å². The van der Waals surface area contributed by atoms with Gasteiger partial charge in [0, 0.05) is 12.6 Å². The number of carbonyl (C=O) groups excluding carboxylic acids is 1. The third-order valence-corrected chi connectivity index (χ3v) is 2.87. The number of aryl methyl sites for hydroxylation is 2. The van der Waals surface area contributed by atoms with E-state index in [1.807, 2.05) is 6.92 Å². The fourth-order valence-electron chi connectivity index (χ4n) is 1.89. The van der Waals surface area contributed by atoms with Gasteiger partial charge in [-0.25, -0.2) is 0 Å². The van der Waals surface area contributed by atoms with E-state index in [9.17, 15) is 20.0 Å². The van der Waals surface area contributed by atoms with Gasteiger partial charge in [0.05, 0.1) is 22.4 Å². The van der Waals surface area contributed by atoms with Crippen LogP contribution < -0.4 is 5.32 Å². The summed E-state index contributed by atoms with van der Waals surface area (Å²) >= 11 is 0. The molecule has 0 spiro atoms. The Morgan fingerprint density at radius 2 is 2.19 bits per heavy atom. The minimum absolute atomic E-state index is 0.104. The molecule has 0 saturated carbocycles. The lowest BCUT2D eigenvalue weighted by atomic mass is 10.2. The van der Waals surface area contributed by atoms with Gasteiger partial charge in [-0.2, -0.15) is 5.10 Å². The number of hydrogen-bond donors (Lipinski definition) is 2. The predicted octanol–water partition coefficient (Wildman–Crippen LogP) is 2.08. The molecule has 1 amide bonds. The molecule has 0 fully saturated rings. The number of non-ortho nitro benzene ring substituents is 1. The normalized spacial score (nSPS) is 10.4. The van der Waals surface area contributed by atoms with Gasteiger partial charge in [0.2, 0.25) is 0 Å². The van der Waals surface area contributed by atoms with Crippen LogP contribution in [-0.2, 0) is 6.54 Å². The zero-order valence-corrected chi connectivity index (χ0v) is 11.5. The first-order valence-corrected chi connectivity index (χ1v) is 6.25. The average Bonchev–Trinajstić information content (AvgIpc) is 2.82. The van der Waals surface area contributed by atoms with Crippen molar-refractivity contribution in [1.82, 2.24) is 9.78 Å². The molecule has 2 rings (SSSR count). The van der Waals surface area contributed by atoms with Crippen LogP contribution in [0.5, 0.6) is 5.75 Å². The number of benzene rings is 1. The Kier molecular flexibility index (Phi) is 3.88. The van der Waals surface area contributed by atoms with Crippen molar-refractivity contribution in [2.45, 2.75) is 20.4 Å². The van der Waals surface area contributed by atoms with Gasteiger partial charge in [-0.3, -0.25) is 19.6 Å². The first-order valence-electron chi connectivity index (χ1n) is 6.25. The molecule has 8 heteroatoms. The van der Waals surface area contributed by atoms with Crippen LogP contribution in [0.4, 0.5) is 11.4 Å². The Morgan fingerprint density at radius 3 is 2.76 bits per heavy atom. The first kappa shape index (κ1) is 14.5. The van der Waals surface area contributed by atoms with E-state index in [0.29, 0.717) is 17.9 Å². The first-order chi connectivity index (χ1) is 9.92. The van der Waals surface area contributed by atoms with Gasteiger partial charge in [-0.15, -0.1) is 0 Å². The van der Waals surface area contributed by atoms with Gasteiger partial charge in [0.15, 0.2) is 0 Å². The number of nitro groups is 1. The lowest BCUT2D eigenvalue weighted by molar-refractivity contribution is -0.384. The molecule has 1 aromatic carbocycles. The summed E-state index contributed by atoms with van der Waals surface area (Å²) in [5.41, 5.74) is 0.912. The van der Waals surface area contributed by atoms with Crippen LogP contribution in [-0.4, -0.2) is 25.7 Å². The second kappa shape index (κ2) is 5.61. The minimum Gasteiger partial charge on any atom is -0.506 e. The zero-order valence-electron chi connectivity index (χ0n) is 11.5. The zero-order chi connectivity index (χ0) is 15.6. The van der Waals surface area contributed by atoms with Crippen molar-refractivity contribution in [3.05, 3.63) is 45.8 Å². The summed E-state index contributed by atoms with van der Waals surface area (Å²) in [4.78, 5) is 22.1. The van der Waals surface area contributed by atoms with Crippen LogP contribution in [0.25, 0.3) is 0 Å². The summed E-state index contributed by atoms with van der Waals surface area (Å²) in [5, 5.41) is 27.0. The largest absolute Gasteiger partial charge is 0.506 e. The number of rotatable bonds is 4. The molecule has 0 atom stereocenters. The molecule has 2 aromatic rings. The third-order valence-electron chi connectivity index (χ3n) is 2.87. The maximum Gasteiger partial charge on any atom is 0.274 e. The van der Waals surface area contributed by atoms with Crippen molar-refractivity contribution in [2.75, 3.05) is 5.32 Å². The monoisotopic (exact) mass is 290 g/mol. The smallest absolute Gasteiger partial charge is 0.274 e. The molecule has 0 aliphatic rings. The quantitative estimate of drug-likeness (QED) is 0.509. The van der Waals surface area contributed by atoms with Crippen molar-refractivity contribution < 1.29 is 14.8 Å². The van der Waals surface area contributed by atoms with Gasteiger partial charge < -0.3 is 10.4 Å². The van der Waals surface area contributed by atoms with Crippen LogP contribution in [0.1, 0.15) is 23.1 Å². The lowest BCUT2D eigenvalue weighted by Crippen LogP contribution is -2.17. The fraction of sp³-hybridized carbons (Fsp3) is 0.231. The summed E-state index contributed by atoms with van der Waals surface area (Å²) in [6.45, 7) is 4.15.